The Balaban J connectivity index is 1.99. The van der Waals surface area contributed by atoms with Crippen LogP contribution in [0.3, 0.4) is 0 Å². The number of aliphatic imine (C=N–C) groups is 1. The van der Waals surface area contributed by atoms with Gasteiger partial charge < -0.3 is 0 Å². The van der Waals surface area contributed by atoms with Crippen molar-refractivity contribution in [2.24, 2.45) is 4.99 Å². The third-order valence-corrected chi connectivity index (χ3v) is 5.53. The number of hydrogen-bond acceptors (Lipinski definition) is 3. The summed E-state index contributed by atoms with van der Waals surface area (Å²) >= 11 is 1.65. The number of fused-ring (bicyclic) bond motifs is 2. The minimum atomic E-state index is -0.0413. The predicted molar refractivity (Wildman–Crippen MR) is 102 cm³/mol. The van der Waals surface area contributed by atoms with E-state index in [2.05, 4.69) is 54.3 Å². The van der Waals surface area contributed by atoms with Crippen LogP contribution in [0, 0.1) is 0 Å². The summed E-state index contributed by atoms with van der Waals surface area (Å²) in [6.07, 6.45) is 0. The van der Waals surface area contributed by atoms with E-state index >= 15 is 0 Å². The lowest BCUT2D eigenvalue weighted by atomic mass is 9.99. The summed E-state index contributed by atoms with van der Waals surface area (Å²) in [6, 6.07) is 14.8. The van der Waals surface area contributed by atoms with Gasteiger partial charge in [-0.1, -0.05) is 54.2 Å². The Kier molecular flexibility index (Phi) is 3.61. The van der Waals surface area contributed by atoms with Crippen LogP contribution in [-0.2, 0) is 0 Å². The van der Waals surface area contributed by atoms with E-state index < -0.39 is 0 Å². The van der Waals surface area contributed by atoms with Gasteiger partial charge in [-0.05, 0) is 37.1 Å². The van der Waals surface area contributed by atoms with Gasteiger partial charge in [0.05, 0.1) is 15.9 Å². The number of rotatable bonds is 2. The first-order chi connectivity index (χ1) is 11.6. The quantitative estimate of drug-likeness (QED) is 0.730. The topological polar surface area (TPSA) is 50.1 Å². The Morgan fingerprint density at radius 1 is 1.17 bits per heavy atom. The lowest BCUT2D eigenvalue weighted by Crippen LogP contribution is -2.13. The number of benzene rings is 2. The van der Waals surface area contributed by atoms with E-state index in [9.17, 15) is 4.79 Å². The predicted octanol–water partition coefficient (Wildman–Crippen LogP) is 4.80. The first-order valence-electron chi connectivity index (χ1n) is 8.10. The highest BCUT2D eigenvalue weighted by Crippen LogP contribution is 2.45. The highest BCUT2D eigenvalue weighted by molar-refractivity contribution is 8.14. The number of H-pyrrole nitrogens is 1. The van der Waals surface area contributed by atoms with Crippen molar-refractivity contribution < 1.29 is 0 Å². The van der Waals surface area contributed by atoms with Crippen LogP contribution in [0.15, 0.2) is 52.3 Å². The number of nitrogens with one attached hydrogen (secondary N) is 1. The van der Waals surface area contributed by atoms with Gasteiger partial charge in [0.1, 0.15) is 0 Å². The zero-order chi connectivity index (χ0) is 16.8. The highest BCUT2D eigenvalue weighted by atomic mass is 32.2. The van der Waals surface area contributed by atoms with Gasteiger partial charge in [0.2, 0.25) is 0 Å². The Morgan fingerprint density at radius 2 is 1.92 bits per heavy atom. The average Bonchev–Trinajstić information content (AvgIpc) is 2.90. The monoisotopic (exact) mass is 337 g/mol. The second-order valence-electron chi connectivity index (χ2n) is 6.34. The average molecular weight is 337 g/mol. The van der Waals surface area contributed by atoms with E-state index in [0.29, 0.717) is 0 Å². The molecule has 0 aliphatic carbocycles. The van der Waals surface area contributed by atoms with E-state index in [4.69, 9.17) is 0 Å². The summed E-state index contributed by atoms with van der Waals surface area (Å²) < 4.78 is 1.87. The maximum atomic E-state index is 12.7. The van der Waals surface area contributed by atoms with Crippen molar-refractivity contribution in [1.29, 1.82) is 0 Å². The molecule has 122 valence electrons. The van der Waals surface area contributed by atoms with Crippen molar-refractivity contribution >= 4 is 33.4 Å². The van der Waals surface area contributed by atoms with Gasteiger partial charge >= 0.3 is 0 Å². The molecule has 24 heavy (non-hydrogen) atoms. The molecule has 1 aromatic heterocycles. The van der Waals surface area contributed by atoms with Gasteiger partial charge in [-0.25, -0.2) is 4.99 Å². The first-order valence-corrected chi connectivity index (χ1v) is 8.98. The molecule has 0 saturated carbocycles. The number of hydrogen-bond donors (Lipinski definition) is 1. The van der Waals surface area contributed by atoms with Gasteiger partial charge in [-0.2, -0.15) is 0 Å². The second-order valence-corrected chi connectivity index (χ2v) is 7.64. The lowest BCUT2D eigenvalue weighted by Gasteiger charge is -2.22. The maximum absolute atomic E-state index is 12.7. The molecule has 0 unspecified atom stereocenters. The van der Waals surface area contributed by atoms with Crippen molar-refractivity contribution in [1.82, 2.24) is 9.78 Å². The normalized spacial score (nSPS) is 17.2. The zero-order valence-corrected chi connectivity index (χ0v) is 14.7. The molecule has 5 heteroatoms. The fourth-order valence-electron chi connectivity index (χ4n) is 3.28. The second kappa shape index (κ2) is 5.67. The van der Waals surface area contributed by atoms with Crippen LogP contribution in [-0.4, -0.2) is 14.8 Å². The fourth-order valence-corrected chi connectivity index (χ4v) is 4.42. The van der Waals surface area contributed by atoms with Gasteiger partial charge in [0, 0.05) is 6.04 Å². The molecule has 0 saturated heterocycles. The first kappa shape index (κ1) is 15.3. The molecule has 3 aromatic rings. The molecule has 0 bridgehead atoms. The van der Waals surface area contributed by atoms with Crippen LogP contribution in [0.4, 0.5) is 5.82 Å². The molecule has 2 aromatic carbocycles. The Bertz CT molecular complexity index is 1010. The standard InChI is InChI=1S/C19H19N3OS/c1-11(2)22-18-16(19(23)21-22)17(24-12(3)20-18)15-10-6-8-13-7-4-5-9-14(13)15/h4-11,17H,1-3H3,(H,21,23)/t17-/m0/s1. The van der Waals surface area contributed by atoms with Crippen molar-refractivity contribution in [2.75, 3.05) is 0 Å². The molecule has 1 aliphatic rings. The Labute approximate surface area is 144 Å². The van der Waals surface area contributed by atoms with Crippen LogP contribution < -0.4 is 5.56 Å². The van der Waals surface area contributed by atoms with Gasteiger partial charge in [-0.3, -0.25) is 14.6 Å². The van der Waals surface area contributed by atoms with Gasteiger partial charge in [0.25, 0.3) is 5.56 Å². The minimum Gasteiger partial charge on any atom is -0.268 e. The summed E-state index contributed by atoms with van der Waals surface area (Å²) in [5.41, 5.74) is 1.89. The van der Waals surface area contributed by atoms with E-state index in [1.165, 1.54) is 16.3 Å². The Hall–Kier alpha value is -2.27. The van der Waals surface area contributed by atoms with Gasteiger partial charge in [0.15, 0.2) is 5.82 Å². The molecule has 0 spiro atoms. The summed E-state index contributed by atoms with van der Waals surface area (Å²) in [5.74, 6) is 0.768. The molecular weight excluding hydrogens is 318 g/mol. The summed E-state index contributed by atoms with van der Waals surface area (Å²) in [5, 5.41) is 6.29. The zero-order valence-electron chi connectivity index (χ0n) is 13.9. The molecule has 1 atom stereocenters. The summed E-state index contributed by atoms with van der Waals surface area (Å²) in [6.45, 7) is 6.11. The minimum absolute atomic E-state index is 0.0349. The molecule has 4 nitrogen and oxygen atoms in total. The number of aromatic nitrogens is 2. The van der Waals surface area contributed by atoms with E-state index in [1.54, 1.807) is 11.8 Å². The summed E-state index contributed by atoms with van der Waals surface area (Å²) in [4.78, 5) is 17.3. The fraction of sp³-hybridized carbons (Fsp3) is 0.263. The third kappa shape index (κ3) is 2.31. The molecule has 0 amide bonds. The molecule has 1 aliphatic heterocycles. The Morgan fingerprint density at radius 3 is 2.71 bits per heavy atom. The highest BCUT2D eigenvalue weighted by Gasteiger charge is 2.31. The van der Waals surface area contributed by atoms with Crippen molar-refractivity contribution in [3.05, 3.63) is 63.9 Å². The SMILES string of the molecule is CC1=Nc2c(c(=O)[nH]n2C(C)C)[C@H](c2cccc3ccccc23)S1. The molecule has 1 N–H and O–H groups in total. The largest absolute Gasteiger partial charge is 0.271 e. The maximum Gasteiger partial charge on any atom is 0.271 e. The number of nitrogens with zero attached hydrogens (tertiary/aromatic N) is 2. The summed E-state index contributed by atoms with van der Waals surface area (Å²) in [7, 11) is 0. The van der Waals surface area contributed by atoms with Crippen molar-refractivity contribution in [3.63, 3.8) is 0 Å². The molecule has 2 heterocycles. The van der Waals surface area contributed by atoms with Crippen molar-refractivity contribution in [2.45, 2.75) is 32.1 Å². The molecule has 0 fully saturated rings. The van der Waals surface area contributed by atoms with E-state index in [1.807, 2.05) is 23.7 Å². The van der Waals surface area contributed by atoms with Crippen LogP contribution >= 0.6 is 11.8 Å². The van der Waals surface area contributed by atoms with Crippen LogP contribution in [0.1, 0.15) is 43.2 Å². The van der Waals surface area contributed by atoms with Crippen molar-refractivity contribution in [3.8, 4) is 0 Å². The molecule has 4 rings (SSSR count). The van der Waals surface area contributed by atoms with Crippen LogP contribution in [0.2, 0.25) is 0 Å². The number of thioether (sulfide) groups is 1. The molecular formula is C19H19N3OS. The third-order valence-electron chi connectivity index (χ3n) is 4.37. The smallest absolute Gasteiger partial charge is 0.268 e. The van der Waals surface area contributed by atoms with Crippen LogP contribution in [0.5, 0.6) is 0 Å². The number of aromatic amines is 1. The van der Waals surface area contributed by atoms with E-state index in [0.717, 1.165) is 16.4 Å². The van der Waals surface area contributed by atoms with Gasteiger partial charge in [-0.15, -0.1) is 0 Å². The lowest BCUT2D eigenvalue weighted by molar-refractivity contribution is 0.533. The van der Waals surface area contributed by atoms with E-state index in [-0.39, 0.29) is 16.9 Å². The molecule has 0 radical (unpaired) electrons. The van der Waals surface area contributed by atoms with Crippen LogP contribution in [0.25, 0.3) is 10.8 Å².